The molecule has 0 bridgehead atoms. The van der Waals surface area contributed by atoms with E-state index in [9.17, 15) is 0 Å². The first-order valence-corrected chi connectivity index (χ1v) is 13.6. The molecule has 4 nitrogen and oxygen atoms in total. The second kappa shape index (κ2) is 12.4. The van der Waals surface area contributed by atoms with Gasteiger partial charge in [0.25, 0.3) is 5.95 Å². The summed E-state index contributed by atoms with van der Waals surface area (Å²) in [4.78, 5) is 0. The van der Waals surface area contributed by atoms with Gasteiger partial charge in [-0.3, -0.25) is 0 Å². The van der Waals surface area contributed by atoms with E-state index in [2.05, 4.69) is 65.6 Å². The Kier molecular flexibility index (Phi) is 10.1. The highest BCUT2D eigenvalue weighted by Crippen LogP contribution is 2.53. The number of benzene rings is 2. The van der Waals surface area contributed by atoms with Crippen LogP contribution in [0, 0.1) is 13.8 Å². The maximum atomic E-state index is 6.30. The number of fused-ring (bicyclic) bond motifs is 1. The van der Waals surface area contributed by atoms with Crippen LogP contribution in [0.5, 0.6) is 17.4 Å². The summed E-state index contributed by atoms with van der Waals surface area (Å²) in [6, 6.07) is 14.0. The summed E-state index contributed by atoms with van der Waals surface area (Å²) >= 11 is 0. The molecule has 0 unspecified atom stereocenters. The van der Waals surface area contributed by atoms with Crippen molar-refractivity contribution in [1.29, 1.82) is 0 Å². The zero-order valence-electron chi connectivity index (χ0n) is 24.9. The SMILES string of the molecule is C=C(Nc1ccccc1C)c1ccc(Oc2c(C)cc3c(c2OC)C(C)(C)CCC3(C)C)o1.CC.CC. The van der Waals surface area contributed by atoms with Gasteiger partial charge in [0.15, 0.2) is 17.3 Å². The minimum absolute atomic E-state index is 0.00206. The van der Waals surface area contributed by atoms with Crippen LogP contribution in [0.3, 0.4) is 0 Å². The van der Waals surface area contributed by atoms with Gasteiger partial charge in [0.05, 0.1) is 12.8 Å². The normalized spacial score (nSPS) is 14.7. The monoisotopic (exact) mass is 505 g/mol. The molecule has 0 saturated carbocycles. The van der Waals surface area contributed by atoms with Crippen LogP contribution in [-0.2, 0) is 10.8 Å². The Hall–Kier alpha value is -3.14. The van der Waals surface area contributed by atoms with Crippen molar-refractivity contribution in [3.05, 3.63) is 77.1 Å². The number of furan rings is 1. The first-order valence-electron chi connectivity index (χ1n) is 13.6. The summed E-state index contributed by atoms with van der Waals surface area (Å²) in [5, 5.41) is 3.33. The summed E-state index contributed by atoms with van der Waals surface area (Å²) in [5.74, 6) is 2.55. The molecule has 37 heavy (non-hydrogen) atoms. The number of rotatable bonds is 6. The van der Waals surface area contributed by atoms with E-state index in [-0.39, 0.29) is 10.8 Å². The van der Waals surface area contributed by atoms with Crippen LogP contribution < -0.4 is 14.8 Å². The van der Waals surface area contributed by atoms with Gasteiger partial charge in [0.2, 0.25) is 0 Å². The maximum absolute atomic E-state index is 6.30. The van der Waals surface area contributed by atoms with Gasteiger partial charge in [-0.25, -0.2) is 0 Å². The molecule has 1 aliphatic rings. The van der Waals surface area contributed by atoms with Crippen molar-refractivity contribution in [2.45, 2.75) is 92.9 Å². The third-order valence-electron chi connectivity index (χ3n) is 6.92. The second-order valence-corrected chi connectivity index (χ2v) is 10.4. The topological polar surface area (TPSA) is 43.6 Å². The highest BCUT2D eigenvalue weighted by molar-refractivity contribution is 5.74. The van der Waals surface area contributed by atoms with E-state index in [1.165, 1.54) is 11.1 Å². The van der Waals surface area contributed by atoms with Crippen LogP contribution in [0.4, 0.5) is 5.69 Å². The lowest BCUT2D eigenvalue weighted by Crippen LogP contribution is -2.34. The molecule has 1 heterocycles. The highest BCUT2D eigenvalue weighted by Gasteiger charge is 2.41. The van der Waals surface area contributed by atoms with Gasteiger partial charge in [-0.15, -0.1) is 0 Å². The number of para-hydroxylation sites is 1. The fourth-order valence-corrected chi connectivity index (χ4v) is 4.76. The van der Waals surface area contributed by atoms with Crippen molar-refractivity contribution >= 4 is 11.4 Å². The number of anilines is 1. The summed E-state index contributed by atoms with van der Waals surface area (Å²) < 4.78 is 18.3. The number of aryl methyl sites for hydroxylation is 2. The average molecular weight is 506 g/mol. The smallest absolute Gasteiger partial charge is 0.290 e. The van der Waals surface area contributed by atoms with Crippen molar-refractivity contribution in [3.63, 3.8) is 0 Å². The molecule has 1 aliphatic carbocycles. The lowest BCUT2D eigenvalue weighted by Gasteiger charge is -2.43. The van der Waals surface area contributed by atoms with Crippen molar-refractivity contribution in [2.75, 3.05) is 12.4 Å². The zero-order valence-corrected chi connectivity index (χ0v) is 24.9. The van der Waals surface area contributed by atoms with E-state index >= 15 is 0 Å². The second-order valence-electron chi connectivity index (χ2n) is 10.4. The molecule has 0 saturated heterocycles. The molecule has 202 valence electrons. The van der Waals surface area contributed by atoms with E-state index in [4.69, 9.17) is 13.9 Å². The molecule has 4 rings (SSSR count). The molecule has 0 spiro atoms. The first kappa shape index (κ1) is 30.1. The molecule has 0 fully saturated rings. The van der Waals surface area contributed by atoms with Gasteiger partial charge in [-0.2, -0.15) is 0 Å². The number of hydrogen-bond donors (Lipinski definition) is 1. The largest absolute Gasteiger partial charge is 0.493 e. The molecule has 0 aliphatic heterocycles. The van der Waals surface area contributed by atoms with Crippen molar-refractivity contribution in [2.24, 2.45) is 0 Å². The predicted octanol–water partition coefficient (Wildman–Crippen LogP) is 10.2. The van der Waals surface area contributed by atoms with E-state index in [1.807, 2.05) is 58.0 Å². The molecule has 3 aromatic rings. The standard InChI is InChI=1S/C29H35NO3.2C2H6/c1-18-11-9-10-12-22(18)30-20(3)23-13-14-24(32-23)33-26-19(2)17-21-25(27(26)31-8)29(6,7)16-15-28(21,4)5;2*1-2/h9-14,17,30H,3,15-16H2,1-2,4-8H3;2*1-2H3. The van der Waals surface area contributed by atoms with Crippen LogP contribution in [-0.4, -0.2) is 7.11 Å². The molecular formula is C33H47NO3. The van der Waals surface area contributed by atoms with E-state index in [1.54, 1.807) is 7.11 Å². The van der Waals surface area contributed by atoms with Gasteiger partial charge in [-0.05, 0) is 66.3 Å². The van der Waals surface area contributed by atoms with Gasteiger partial charge in [0, 0.05) is 17.3 Å². The maximum Gasteiger partial charge on any atom is 0.290 e. The molecule has 1 N–H and O–H groups in total. The third-order valence-corrected chi connectivity index (χ3v) is 6.92. The zero-order chi connectivity index (χ0) is 28.0. The van der Waals surface area contributed by atoms with E-state index in [0.717, 1.165) is 35.4 Å². The summed E-state index contributed by atoms with van der Waals surface area (Å²) in [6.45, 7) is 25.5. The van der Waals surface area contributed by atoms with Crippen molar-refractivity contribution in [3.8, 4) is 17.4 Å². The number of methoxy groups -OCH3 is 1. The Morgan fingerprint density at radius 1 is 0.865 bits per heavy atom. The summed E-state index contributed by atoms with van der Waals surface area (Å²) in [6.07, 6.45) is 2.24. The van der Waals surface area contributed by atoms with Crippen LogP contribution >= 0.6 is 0 Å². The number of ether oxygens (including phenoxy) is 2. The molecule has 2 aromatic carbocycles. The lowest BCUT2D eigenvalue weighted by atomic mass is 9.62. The van der Waals surface area contributed by atoms with Crippen molar-refractivity contribution in [1.82, 2.24) is 0 Å². The van der Waals surface area contributed by atoms with Gasteiger partial charge < -0.3 is 19.2 Å². The van der Waals surface area contributed by atoms with Gasteiger partial charge in [0.1, 0.15) is 0 Å². The number of hydrogen-bond acceptors (Lipinski definition) is 4. The summed E-state index contributed by atoms with van der Waals surface area (Å²) in [7, 11) is 1.72. The fraction of sp³-hybridized carbons (Fsp3) is 0.455. The quantitative estimate of drug-likeness (QED) is 0.362. The summed E-state index contributed by atoms with van der Waals surface area (Å²) in [5.41, 5.74) is 6.53. The van der Waals surface area contributed by atoms with E-state index < -0.39 is 0 Å². The Morgan fingerprint density at radius 2 is 1.49 bits per heavy atom. The predicted molar refractivity (Wildman–Crippen MR) is 158 cm³/mol. The molecule has 4 heteroatoms. The Balaban J connectivity index is 0.00000115. The fourth-order valence-electron chi connectivity index (χ4n) is 4.76. The Bertz CT molecular complexity index is 1200. The molecule has 0 radical (unpaired) electrons. The molecular weight excluding hydrogens is 458 g/mol. The van der Waals surface area contributed by atoms with Crippen LogP contribution in [0.15, 0.2) is 53.5 Å². The van der Waals surface area contributed by atoms with Gasteiger partial charge in [-0.1, -0.05) is 86.2 Å². The lowest BCUT2D eigenvalue weighted by molar-refractivity contribution is 0.290. The minimum atomic E-state index is 0.00206. The minimum Gasteiger partial charge on any atom is -0.493 e. The number of nitrogens with one attached hydrogen (secondary N) is 1. The average Bonchev–Trinajstić information content (AvgIpc) is 3.35. The molecule has 0 amide bonds. The van der Waals surface area contributed by atoms with Crippen LogP contribution in [0.1, 0.15) is 96.2 Å². The molecule has 1 aromatic heterocycles. The molecule has 0 atom stereocenters. The van der Waals surface area contributed by atoms with E-state index in [0.29, 0.717) is 23.2 Å². The van der Waals surface area contributed by atoms with Crippen molar-refractivity contribution < 1.29 is 13.9 Å². The Labute approximate surface area is 225 Å². The third kappa shape index (κ3) is 6.41. The highest BCUT2D eigenvalue weighted by atomic mass is 16.6. The Morgan fingerprint density at radius 3 is 2.11 bits per heavy atom. The van der Waals surface area contributed by atoms with Crippen LogP contribution in [0.25, 0.3) is 5.70 Å². The van der Waals surface area contributed by atoms with Gasteiger partial charge >= 0.3 is 0 Å². The first-order chi connectivity index (χ1) is 17.5. The van der Waals surface area contributed by atoms with Crippen LogP contribution in [0.2, 0.25) is 0 Å².